The fourth-order valence-corrected chi connectivity index (χ4v) is 4.51. The summed E-state index contributed by atoms with van der Waals surface area (Å²) in [7, 11) is 2.09. The predicted octanol–water partition coefficient (Wildman–Crippen LogP) is 2.81. The summed E-state index contributed by atoms with van der Waals surface area (Å²) in [5.41, 5.74) is 0.582. The van der Waals surface area contributed by atoms with Crippen molar-refractivity contribution in [2.75, 3.05) is 33.2 Å². The van der Waals surface area contributed by atoms with Crippen LogP contribution in [0, 0.1) is 12.8 Å². The van der Waals surface area contributed by atoms with Crippen molar-refractivity contribution < 1.29 is 4.79 Å². The summed E-state index contributed by atoms with van der Waals surface area (Å²) in [6.45, 7) is 10.2. The van der Waals surface area contributed by atoms with Gasteiger partial charge in [-0.3, -0.25) is 9.59 Å². The molecule has 1 aliphatic heterocycles. The Morgan fingerprint density at radius 3 is 2.72 bits per heavy atom. The van der Waals surface area contributed by atoms with Crippen molar-refractivity contribution >= 4 is 27.3 Å². The second-order valence-electron chi connectivity index (χ2n) is 7.39. The van der Waals surface area contributed by atoms with Crippen molar-refractivity contribution in [3.05, 3.63) is 33.1 Å². The third-order valence-corrected chi connectivity index (χ3v) is 5.84. The monoisotopic (exact) mass is 361 g/mol. The van der Waals surface area contributed by atoms with Crippen LogP contribution in [0.1, 0.15) is 35.5 Å². The first-order valence-electron chi connectivity index (χ1n) is 8.99. The number of carbonyl (C=O) groups excluding carboxylic acids is 1. The van der Waals surface area contributed by atoms with Gasteiger partial charge in [-0.15, -0.1) is 11.3 Å². The Hall–Kier alpha value is -1.66. The first-order valence-corrected chi connectivity index (χ1v) is 9.80. The summed E-state index contributed by atoms with van der Waals surface area (Å²) in [6, 6.07) is 1.98. The Morgan fingerprint density at radius 1 is 1.24 bits per heavy atom. The quantitative estimate of drug-likeness (QED) is 0.844. The highest BCUT2D eigenvalue weighted by Gasteiger charge is 2.25. The summed E-state index contributed by atoms with van der Waals surface area (Å²) in [6.07, 6.45) is 2.83. The molecule has 0 N–H and O–H groups in total. The maximum Gasteiger partial charge on any atom is 0.260 e. The fraction of sp³-hybridized carbons (Fsp3) is 0.579. The predicted molar refractivity (Wildman–Crippen MR) is 104 cm³/mol. The summed E-state index contributed by atoms with van der Waals surface area (Å²) in [4.78, 5) is 31.3. The highest BCUT2D eigenvalue weighted by atomic mass is 32.1. The number of nitrogens with zero attached hydrogens (tertiary/aromatic N) is 3. The number of amides is 1. The first kappa shape index (κ1) is 18.1. The van der Waals surface area contributed by atoms with Gasteiger partial charge >= 0.3 is 0 Å². The summed E-state index contributed by atoms with van der Waals surface area (Å²) < 4.78 is 2.66. The van der Waals surface area contributed by atoms with Crippen molar-refractivity contribution in [3.8, 4) is 0 Å². The number of thiophene rings is 1. The van der Waals surface area contributed by atoms with E-state index in [2.05, 4.69) is 25.8 Å². The zero-order valence-corrected chi connectivity index (χ0v) is 16.4. The molecule has 1 amide bonds. The average molecular weight is 362 g/mol. The molecule has 1 aliphatic rings. The van der Waals surface area contributed by atoms with Crippen molar-refractivity contribution in [1.82, 2.24) is 14.4 Å². The molecule has 0 saturated carbocycles. The van der Waals surface area contributed by atoms with Crippen LogP contribution in [0.5, 0.6) is 0 Å². The SMILES string of the molecule is Cc1sc2ccn(CC(C)C)c(=O)c2c1C(=O)N1CCCN(C)CC1. The van der Waals surface area contributed by atoms with Gasteiger partial charge in [0.1, 0.15) is 0 Å². The number of carbonyl (C=O) groups is 1. The number of likely N-dealkylation sites (N-methyl/N-ethyl adjacent to an activating group) is 1. The molecule has 0 aromatic carbocycles. The number of hydrogen-bond acceptors (Lipinski definition) is 4. The van der Waals surface area contributed by atoms with E-state index in [0.717, 1.165) is 42.2 Å². The second kappa shape index (κ2) is 7.30. The summed E-state index contributed by atoms with van der Waals surface area (Å²) in [5, 5.41) is 0.605. The van der Waals surface area contributed by atoms with E-state index >= 15 is 0 Å². The van der Waals surface area contributed by atoms with Gasteiger partial charge in [-0.05, 0) is 38.9 Å². The van der Waals surface area contributed by atoms with Crippen LogP contribution >= 0.6 is 11.3 Å². The first-order chi connectivity index (χ1) is 11.9. The molecule has 2 aromatic rings. The number of hydrogen-bond donors (Lipinski definition) is 0. The maximum absolute atomic E-state index is 13.2. The molecule has 3 rings (SSSR count). The number of fused-ring (bicyclic) bond motifs is 1. The number of rotatable bonds is 3. The molecule has 25 heavy (non-hydrogen) atoms. The number of aromatic nitrogens is 1. The van der Waals surface area contributed by atoms with E-state index in [9.17, 15) is 9.59 Å². The van der Waals surface area contributed by atoms with E-state index in [0.29, 0.717) is 23.4 Å². The number of pyridine rings is 1. The van der Waals surface area contributed by atoms with E-state index in [1.54, 1.807) is 15.9 Å². The van der Waals surface area contributed by atoms with Crippen LogP contribution in [0.3, 0.4) is 0 Å². The van der Waals surface area contributed by atoms with E-state index in [1.165, 1.54) is 0 Å². The zero-order chi connectivity index (χ0) is 18.1. The van der Waals surface area contributed by atoms with Gasteiger partial charge in [-0.1, -0.05) is 13.8 Å². The molecule has 0 radical (unpaired) electrons. The van der Waals surface area contributed by atoms with Crippen LogP contribution in [0.2, 0.25) is 0 Å². The molecule has 5 nitrogen and oxygen atoms in total. The smallest absolute Gasteiger partial charge is 0.260 e. The Labute approximate surface area is 152 Å². The van der Waals surface area contributed by atoms with Crippen LogP contribution in [-0.2, 0) is 6.54 Å². The molecule has 2 aromatic heterocycles. The molecule has 0 spiro atoms. The van der Waals surface area contributed by atoms with E-state index < -0.39 is 0 Å². The largest absolute Gasteiger partial charge is 0.337 e. The lowest BCUT2D eigenvalue weighted by Crippen LogP contribution is -2.35. The van der Waals surface area contributed by atoms with Gasteiger partial charge in [-0.2, -0.15) is 0 Å². The molecule has 0 unspecified atom stereocenters. The molecule has 1 saturated heterocycles. The van der Waals surface area contributed by atoms with Gasteiger partial charge < -0.3 is 14.4 Å². The van der Waals surface area contributed by atoms with Crippen LogP contribution in [0.15, 0.2) is 17.1 Å². The average Bonchev–Trinajstić information content (AvgIpc) is 2.73. The molecule has 136 valence electrons. The molecule has 3 heterocycles. The zero-order valence-electron chi connectivity index (χ0n) is 15.5. The molecular formula is C19H27N3O2S. The normalized spacial score (nSPS) is 16.6. The maximum atomic E-state index is 13.2. The van der Waals surface area contributed by atoms with Gasteiger partial charge in [0.15, 0.2) is 0 Å². The van der Waals surface area contributed by atoms with Gasteiger partial charge in [0.2, 0.25) is 0 Å². The van der Waals surface area contributed by atoms with Crippen LogP contribution < -0.4 is 5.56 Å². The molecule has 0 aliphatic carbocycles. The topological polar surface area (TPSA) is 45.6 Å². The van der Waals surface area contributed by atoms with Crippen molar-refractivity contribution in [3.63, 3.8) is 0 Å². The third-order valence-electron chi connectivity index (χ3n) is 4.77. The standard InChI is InChI=1S/C19H27N3O2S/c1-13(2)12-22-9-6-15-17(19(22)24)16(14(3)25-15)18(23)21-8-5-7-20(4)10-11-21/h6,9,13H,5,7-8,10-12H2,1-4H3. The minimum Gasteiger partial charge on any atom is -0.337 e. The lowest BCUT2D eigenvalue weighted by atomic mass is 10.1. The lowest BCUT2D eigenvalue weighted by molar-refractivity contribution is 0.0764. The number of aryl methyl sites for hydroxylation is 1. The highest BCUT2D eigenvalue weighted by Crippen LogP contribution is 2.29. The second-order valence-corrected chi connectivity index (χ2v) is 8.64. The van der Waals surface area contributed by atoms with Crippen LogP contribution in [0.4, 0.5) is 0 Å². The van der Waals surface area contributed by atoms with E-state index in [4.69, 9.17) is 0 Å². The third kappa shape index (κ3) is 3.65. The molecule has 0 bridgehead atoms. The Balaban J connectivity index is 2.04. The van der Waals surface area contributed by atoms with Crippen LogP contribution in [0.25, 0.3) is 10.1 Å². The van der Waals surface area contributed by atoms with Crippen molar-refractivity contribution in [2.45, 2.75) is 33.7 Å². The summed E-state index contributed by atoms with van der Waals surface area (Å²) >= 11 is 1.55. The lowest BCUT2D eigenvalue weighted by Gasteiger charge is -2.21. The van der Waals surface area contributed by atoms with Gasteiger partial charge in [0.05, 0.1) is 10.9 Å². The van der Waals surface area contributed by atoms with Crippen LogP contribution in [-0.4, -0.2) is 53.5 Å². The van der Waals surface area contributed by atoms with E-state index in [1.807, 2.05) is 24.1 Å². The molecule has 1 fully saturated rings. The Bertz CT molecular complexity index is 837. The Morgan fingerprint density at radius 2 is 2.00 bits per heavy atom. The molecule has 6 heteroatoms. The molecular weight excluding hydrogens is 334 g/mol. The van der Waals surface area contributed by atoms with Crippen molar-refractivity contribution in [2.24, 2.45) is 5.92 Å². The summed E-state index contributed by atoms with van der Waals surface area (Å²) in [5.74, 6) is 0.397. The van der Waals surface area contributed by atoms with Gasteiger partial charge in [0, 0.05) is 42.0 Å². The highest BCUT2D eigenvalue weighted by molar-refractivity contribution is 7.19. The van der Waals surface area contributed by atoms with E-state index in [-0.39, 0.29) is 11.5 Å². The van der Waals surface area contributed by atoms with Gasteiger partial charge in [0.25, 0.3) is 11.5 Å². The van der Waals surface area contributed by atoms with Gasteiger partial charge in [-0.25, -0.2) is 0 Å². The Kier molecular flexibility index (Phi) is 5.29. The minimum atomic E-state index is -0.0363. The minimum absolute atomic E-state index is 0.0125. The fourth-order valence-electron chi connectivity index (χ4n) is 3.47. The molecule has 0 atom stereocenters. The van der Waals surface area contributed by atoms with Crippen molar-refractivity contribution in [1.29, 1.82) is 0 Å².